The number of likely N-dealkylation sites (N-methyl/N-ethyl adjacent to an activating group) is 1. The van der Waals surface area contributed by atoms with E-state index in [4.69, 9.17) is 0 Å². The highest BCUT2D eigenvalue weighted by atomic mass is 127. The van der Waals surface area contributed by atoms with Crippen LogP contribution in [-0.2, 0) is 7.05 Å². The molecule has 0 spiro atoms. The number of aryl methyl sites for hydroxylation is 1. The van der Waals surface area contributed by atoms with Crippen LogP contribution in [0.4, 0.5) is 0 Å². The summed E-state index contributed by atoms with van der Waals surface area (Å²) in [7, 11) is 8.06. The second kappa shape index (κ2) is 11.9. The predicted octanol–water partition coefficient (Wildman–Crippen LogP) is 1.88. The fourth-order valence-electron chi connectivity index (χ4n) is 3.75. The molecule has 1 fully saturated rings. The standard InChI is InChI=1S/C19H37N7.HI/c1-7-25(8-2)13-16-9-10-26(14-16)19(20-3)21-12-18(23(4)5)17-11-22-24(6)15-17;/h11,15-16,18H,7-10,12-14H2,1-6H3,(H,20,21);1H. The molecular weight excluding hydrogens is 453 g/mol. The van der Waals surface area contributed by atoms with E-state index in [0.29, 0.717) is 0 Å². The Kier molecular flexibility index (Phi) is 10.6. The van der Waals surface area contributed by atoms with Crippen molar-refractivity contribution in [2.24, 2.45) is 18.0 Å². The largest absolute Gasteiger partial charge is 0.354 e. The molecule has 1 aromatic heterocycles. The summed E-state index contributed by atoms with van der Waals surface area (Å²) in [6.45, 7) is 11.0. The minimum Gasteiger partial charge on any atom is -0.354 e. The number of hydrogen-bond acceptors (Lipinski definition) is 4. The lowest BCUT2D eigenvalue weighted by Gasteiger charge is -2.28. The quantitative estimate of drug-likeness (QED) is 0.342. The Balaban J connectivity index is 0.00000364. The van der Waals surface area contributed by atoms with E-state index in [2.05, 4.69) is 64.2 Å². The molecule has 1 N–H and O–H groups in total. The zero-order valence-electron chi connectivity index (χ0n) is 17.9. The molecule has 0 bridgehead atoms. The molecule has 1 aliphatic rings. The molecule has 0 radical (unpaired) electrons. The molecule has 0 aromatic carbocycles. The number of likely N-dealkylation sites (tertiary alicyclic amines) is 1. The molecular formula is C19H38IN7. The van der Waals surface area contributed by atoms with Gasteiger partial charge in [0.1, 0.15) is 0 Å². The number of nitrogens with one attached hydrogen (secondary N) is 1. The van der Waals surface area contributed by atoms with Crippen molar-refractivity contribution in [2.45, 2.75) is 26.3 Å². The first-order valence-corrected chi connectivity index (χ1v) is 9.81. The third-order valence-corrected chi connectivity index (χ3v) is 5.39. The second-order valence-corrected chi connectivity index (χ2v) is 7.44. The maximum atomic E-state index is 4.53. The smallest absolute Gasteiger partial charge is 0.193 e. The third kappa shape index (κ3) is 6.90. The van der Waals surface area contributed by atoms with Crippen LogP contribution >= 0.6 is 24.0 Å². The van der Waals surface area contributed by atoms with Crippen LogP contribution in [0.25, 0.3) is 0 Å². The number of aliphatic imine (C=N–C) groups is 1. The van der Waals surface area contributed by atoms with Crippen molar-refractivity contribution >= 4 is 29.9 Å². The fraction of sp³-hybridized carbons (Fsp3) is 0.789. The van der Waals surface area contributed by atoms with Crippen LogP contribution in [0, 0.1) is 5.92 Å². The summed E-state index contributed by atoms with van der Waals surface area (Å²) in [5, 5.41) is 7.90. The van der Waals surface area contributed by atoms with Gasteiger partial charge in [0, 0.05) is 52.0 Å². The van der Waals surface area contributed by atoms with Gasteiger partial charge in [-0.15, -0.1) is 24.0 Å². The average molecular weight is 491 g/mol. The maximum absolute atomic E-state index is 4.53. The van der Waals surface area contributed by atoms with Gasteiger partial charge in [-0.2, -0.15) is 5.10 Å². The molecule has 156 valence electrons. The summed E-state index contributed by atoms with van der Waals surface area (Å²) < 4.78 is 1.86. The van der Waals surface area contributed by atoms with E-state index in [1.807, 2.05) is 25.0 Å². The zero-order chi connectivity index (χ0) is 19.1. The van der Waals surface area contributed by atoms with E-state index in [1.54, 1.807) is 0 Å². The molecule has 1 aliphatic heterocycles. The van der Waals surface area contributed by atoms with Crippen LogP contribution < -0.4 is 5.32 Å². The summed E-state index contributed by atoms with van der Waals surface area (Å²) in [4.78, 5) is 11.7. The number of guanidine groups is 1. The van der Waals surface area contributed by atoms with Gasteiger partial charge in [-0.3, -0.25) is 9.67 Å². The minimum absolute atomic E-state index is 0. The number of aromatic nitrogens is 2. The van der Waals surface area contributed by atoms with Crippen molar-refractivity contribution in [1.82, 2.24) is 29.8 Å². The van der Waals surface area contributed by atoms with E-state index in [1.165, 1.54) is 18.5 Å². The van der Waals surface area contributed by atoms with Gasteiger partial charge in [-0.1, -0.05) is 13.8 Å². The van der Waals surface area contributed by atoms with Crippen LogP contribution in [0.3, 0.4) is 0 Å². The number of halogens is 1. The van der Waals surface area contributed by atoms with E-state index >= 15 is 0 Å². The highest BCUT2D eigenvalue weighted by Crippen LogP contribution is 2.19. The first-order chi connectivity index (χ1) is 12.5. The van der Waals surface area contributed by atoms with Gasteiger partial charge in [0.2, 0.25) is 0 Å². The normalized spacial score (nSPS) is 18.9. The predicted molar refractivity (Wildman–Crippen MR) is 124 cm³/mol. The van der Waals surface area contributed by atoms with Crippen molar-refractivity contribution in [3.63, 3.8) is 0 Å². The van der Waals surface area contributed by atoms with Crippen molar-refractivity contribution in [2.75, 3.05) is 60.4 Å². The second-order valence-electron chi connectivity index (χ2n) is 7.44. The Bertz CT molecular complexity index is 568. The van der Waals surface area contributed by atoms with Crippen LogP contribution in [0.15, 0.2) is 17.4 Å². The molecule has 27 heavy (non-hydrogen) atoms. The molecule has 0 aliphatic carbocycles. The van der Waals surface area contributed by atoms with Gasteiger partial charge in [0.25, 0.3) is 0 Å². The lowest BCUT2D eigenvalue weighted by atomic mass is 10.1. The fourth-order valence-corrected chi connectivity index (χ4v) is 3.75. The maximum Gasteiger partial charge on any atom is 0.193 e. The van der Waals surface area contributed by atoms with E-state index in [9.17, 15) is 0 Å². The van der Waals surface area contributed by atoms with Crippen molar-refractivity contribution < 1.29 is 0 Å². The monoisotopic (exact) mass is 491 g/mol. The van der Waals surface area contributed by atoms with Crippen LogP contribution in [0.1, 0.15) is 31.9 Å². The van der Waals surface area contributed by atoms with Gasteiger partial charge >= 0.3 is 0 Å². The first-order valence-electron chi connectivity index (χ1n) is 9.81. The Morgan fingerprint density at radius 1 is 1.37 bits per heavy atom. The van der Waals surface area contributed by atoms with Gasteiger partial charge in [0.05, 0.1) is 12.2 Å². The SMILES string of the molecule is CCN(CC)CC1CCN(C(=NC)NCC(c2cnn(C)c2)N(C)C)C1.I. The lowest BCUT2D eigenvalue weighted by molar-refractivity contribution is 0.255. The number of rotatable bonds is 8. The Labute approximate surface area is 182 Å². The van der Waals surface area contributed by atoms with Gasteiger partial charge in [-0.05, 0) is 39.5 Å². The summed E-state index contributed by atoms with van der Waals surface area (Å²) in [6.07, 6.45) is 5.28. The molecule has 2 heterocycles. The third-order valence-electron chi connectivity index (χ3n) is 5.39. The van der Waals surface area contributed by atoms with Crippen molar-refractivity contribution in [3.05, 3.63) is 18.0 Å². The summed E-state index contributed by atoms with van der Waals surface area (Å²) in [5.41, 5.74) is 1.22. The van der Waals surface area contributed by atoms with E-state index in [-0.39, 0.29) is 30.0 Å². The summed E-state index contributed by atoms with van der Waals surface area (Å²) >= 11 is 0. The highest BCUT2D eigenvalue weighted by Gasteiger charge is 2.26. The molecule has 2 unspecified atom stereocenters. The van der Waals surface area contributed by atoms with E-state index in [0.717, 1.165) is 44.6 Å². The summed E-state index contributed by atoms with van der Waals surface area (Å²) in [5.74, 6) is 1.75. The Morgan fingerprint density at radius 2 is 2.07 bits per heavy atom. The van der Waals surface area contributed by atoms with Gasteiger partial charge < -0.3 is 20.0 Å². The van der Waals surface area contributed by atoms with Crippen molar-refractivity contribution in [1.29, 1.82) is 0 Å². The van der Waals surface area contributed by atoms with Gasteiger partial charge in [-0.25, -0.2) is 0 Å². The topological polar surface area (TPSA) is 51.9 Å². The Morgan fingerprint density at radius 3 is 2.59 bits per heavy atom. The molecule has 7 nitrogen and oxygen atoms in total. The average Bonchev–Trinajstić information content (AvgIpc) is 3.25. The first kappa shape index (κ1) is 24.2. The highest BCUT2D eigenvalue weighted by molar-refractivity contribution is 14.0. The Hall–Kier alpha value is -0.870. The molecule has 2 rings (SSSR count). The van der Waals surface area contributed by atoms with Gasteiger partial charge in [0.15, 0.2) is 5.96 Å². The van der Waals surface area contributed by atoms with Crippen LogP contribution in [-0.4, -0.2) is 90.9 Å². The molecule has 1 aromatic rings. The zero-order valence-corrected chi connectivity index (χ0v) is 20.2. The molecule has 0 amide bonds. The number of hydrogen-bond donors (Lipinski definition) is 1. The molecule has 1 saturated heterocycles. The minimum atomic E-state index is 0. The van der Waals surface area contributed by atoms with Crippen LogP contribution in [0.2, 0.25) is 0 Å². The van der Waals surface area contributed by atoms with Crippen molar-refractivity contribution in [3.8, 4) is 0 Å². The molecule has 2 atom stereocenters. The number of nitrogens with zero attached hydrogens (tertiary/aromatic N) is 6. The lowest BCUT2D eigenvalue weighted by Crippen LogP contribution is -2.44. The van der Waals surface area contributed by atoms with E-state index < -0.39 is 0 Å². The molecule has 0 saturated carbocycles. The van der Waals surface area contributed by atoms with Crippen LogP contribution in [0.5, 0.6) is 0 Å². The summed E-state index contributed by atoms with van der Waals surface area (Å²) in [6, 6.07) is 0.273. The molecule has 8 heteroatoms.